The number of amides is 1. The van der Waals surface area contributed by atoms with Gasteiger partial charge in [0.25, 0.3) is 15.9 Å². The van der Waals surface area contributed by atoms with Gasteiger partial charge in [0.1, 0.15) is 5.75 Å². The Balaban J connectivity index is 1.44. The first-order chi connectivity index (χ1) is 16.0. The Kier molecular flexibility index (Phi) is 6.65. The quantitative estimate of drug-likeness (QED) is 0.344. The van der Waals surface area contributed by atoms with E-state index in [1.54, 1.807) is 36.4 Å². The Morgan fingerprint density at radius 1 is 0.970 bits per heavy atom. The predicted octanol–water partition coefficient (Wildman–Crippen LogP) is 4.34. The fourth-order valence-corrected chi connectivity index (χ4v) is 4.68. The molecule has 170 valence electrons. The minimum atomic E-state index is -3.87. The van der Waals surface area contributed by atoms with Crippen molar-refractivity contribution in [3.05, 3.63) is 90.1 Å². The maximum absolute atomic E-state index is 12.9. The lowest BCUT2D eigenvalue weighted by atomic mass is 10.1. The molecular weight excluding hydrogens is 438 g/mol. The van der Waals surface area contributed by atoms with E-state index in [4.69, 9.17) is 4.74 Å². The molecule has 1 heterocycles. The third kappa shape index (κ3) is 5.18. The van der Waals surface area contributed by atoms with Gasteiger partial charge in [-0.2, -0.15) is 0 Å². The number of hydrogen-bond acceptors (Lipinski definition) is 4. The van der Waals surface area contributed by atoms with E-state index in [2.05, 4.69) is 15.0 Å². The Morgan fingerprint density at radius 2 is 1.70 bits per heavy atom. The molecule has 0 spiro atoms. The highest BCUT2D eigenvalue weighted by atomic mass is 32.2. The van der Waals surface area contributed by atoms with Gasteiger partial charge in [-0.15, -0.1) is 0 Å². The summed E-state index contributed by atoms with van der Waals surface area (Å²) >= 11 is 0. The number of rotatable bonds is 9. The van der Waals surface area contributed by atoms with Crippen molar-refractivity contribution in [2.45, 2.75) is 18.2 Å². The fraction of sp³-hybridized carbons (Fsp3) is 0.160. The van der Waals surface area contributed by atoms with Crippen molar-refractivity contribution in [3.63, 3.8) is 0 Å². The average Bonchev–Trinajstić information content (AvgIpc) is 3.23. The summed E-state index contributed by atoms with van der Waals surface area (Å²) in [6, 6.07) is 20.7. The second kappa shape index (κ2) is 9.79. The molecule has 0 fully saturated rings. The van der Waals surface area contributed by atoms with Gasteiger partial charge >= 0.3 is 0 Å². The molecule has 33 heavy (non-hydrogen) atoms. The van der Waals surface area contributed by atoms with E-state index in [1.165, 1.54) is 12.1 Å². The maximum Gasteiger partial charge on any atom is 0.261 e. The van der Waals surface area contributed by atoms with Crippen molar-refractivity contribution in [3.8, 4) is 5.75 Å². The van der Waals surface area contributed by atoms with Crippen LogP contribution in [-0.4, -0.2) is 32.5 Å². The van der Waals surface area contributed by atoms with Gasteiger partial charge in [-0.3, -0.25) is 9.52 Å². The van der Waals surface area contributed by atoms with E-state index >= 15 is 0 Å². The van der Waals surface area contributed by atoms with Gasteiger partial charge in [-0.05, 0) is 61.4 Å². The highest BCUT2D eigenvalue weighted by molar-refractivity contribution is 7.92. The lowest BCUT2D eigenvalue weighted by Gasteiger charge is -2.13. The van der Waals surface area contributed by atoms with Crippen molar-refractivity contribution >= 4 is 32.5 Å². The number of para-hydroxylation sites is 2. The number of hydrogen-bond donors (Lipinski definition) is 3. The van der Waals surface area contributed by atoms with Crippen LogP contribution in [0.4, 0.5) is 5.69 Å². The normalized spacial score (nSPS) is 11.3. The first kappa shape index (κ1) is 22.4. The summed E-state index contributed by atoms with van der Waals surface area (Å²) in [5, 5.41) is 4.01. The topological polar surface area (TPSA) is 100 Å². The molecule has 1 amide bonds. The maximum atomic E-state index is 12.9. The molecule has 0 aliphatic rings. The Hall–Kier alpha value is -3.78. The monoisotopic (exact) mass is 463 g/mol. The number of anilines is 1. The van der Waals surface area contributed by atoms with Crippen molar-refractivity contribution in [1.29, 1.82) is 0 Å². The van der Waals surface area contributed by atoms with Gasteiger partial charge in [-0.25, -0.2) is 8.42 Å². The summed E-state index contributed by atoms with van der Waals surface area (Å²) in [6.45, 7) is 2.77. The second-order valence-electron chi connectivity index (χ2n) is 7.42. The molecule has 0 aliphatic carbocycles. The van der Waals surface area contributed by atoms with Crippen LogP contribution in [0.2, 0.25) is 0 Å². The SMILES string of the molecule is CCOc1ccc(S(=O)(=O)Nc2ccccc2C(=O)NCCc2c[nH]c3ccccc23)cc1. The van der Waals surface area contributed by atoms with Crippen LogP contribution < -0.4 is 14.8 Å². The minimum Gasteiger partial charge on any atom is -0.494 e. The molecule has 0 bridgehead atoms. The van der Waals surface area contributed by atoms with Gasteiger partial charge in [0, 0.05) is 23.6 Å². The molecule has 4 rings (SSSR count). The highest BCUT2D eigenvalue weighted by Gasteiger charge is 2.18. The molecular formula is C25H25N3O4S. The van der Waals surface area contributed by atoms with Crippen molar-refractivity contribution in [1.82, 2.24) is 10.3 Å². The van der Waals surface area contributed by atoms with Gasteiger partial charge in [0.15, 0.2) is 0 Å². The molecule has 8 heteroatoms. The van der Waals surface area contributed by atoms with Crippen LogP contribution in [0.1, 0.15) is 22.8 Å². The molecule has 1 aromatic heterocycles. The first-order valence-corrected chi connectivity index (χ1v) is 12.1. The Morgan fingerprint density at radius 3 is 2.48 bits per heavy atom. The number of nitrogens with one attached hydrogen (secondary N) is 3. The number of H-pyrrole nitrogens is 1. The molecule has 0 aliphatic heterocycles. The molecule has 0 radical (unpaired) electrons. The number of aromatic amines is 1. The summed E-state index contributed by atoms with van der Waals surface area (Å²) in [6.07, 6.45) is 2.59. The van der Waals surface area contributed by atoms with E-state index in [0.717, 1.165) is 16.5 Å². The Bertz CT molecular complexity index is 1360. The van der Waals surface area contributed by atoms with Crippen LogP contribution in [0.3, 0.4) is 0 Å². The zero-order chi connectivity index (χ0) is 23.3. The highest BCUT2D eigenvalue weighted by Crippen LogP contribution is 2.22. The summed E-state index contributed by atoms with van der Waals surface area (Å²) < 4.78 is 33.6. The van der Waals surface area contributed by atoms with Gasteiger partial charge in [-0.1, -0.05) is 30.3 Å². The van der Waals surface area contributed by atoms with Gasteiger partial charge in [0.2, 0.25) is 0 Å². The molecule has 3 aromatic carbocycles. The zero-order valence-corrected chi connectivity index (χ0v) is 19.0. The number of sulfonamides is 1. The van der Waals surface area contributed by atoms with Crippen molar-refractivity contribution in [2.24, 2.45) is 0 Å². The molecule has 0 saturated heterocycles. The number of ether oxygens (including phenoxy) is 1. The molecule has 0 unspecified atom stereocenters. The van der Waals surface area contributed by atoms with Crippen LogP contribution in [0.25, 0.3) is 10.9 Å². The number of carbonyl (C=O) groups excluding carboxylic acids is 1. The zero-order valence-electron chi connectivity index (χ0n) is 18.2. The van der Waals surface area contributed by atoms with Gasteiger partial charge in [0.05, 0.1) is 22.8 Å². The average molecular weight is 464 g/mol. The summed E-state index contributed by atoms with van der Waals surface area (Å²) in [5.74, 6) is 0.242. The van der Waals surface area contributed by atoms with Crippen LogP contribution in [-0.2, 0) is 16.4 Å². The molecule has 3 N–H and O–H groups in total. The summed E-state index contributed by atoms with van der Waals surface area (Å²) in [7, 11) is -3.87. The third-order valence-electron chi connectivity index (χ3n) is 5.22. The fourth-order valence-electron chi connectivity index (χ4n) is 3.60. The van der Waals surface area contributed by atoms with Crippen LogP contribution in [0.15, 0.2) is 83.9 Å². The molecule has 7 nitrogen and oxygen atoms in total. The Labute approximate surface area is 192 Å². The number of benzene rings is 3. The van der Waals surface area contributed by atoms with E-state index in [9.17, 15) is 13.2 Å². The second-order valence-corrected chi connectivity index (χ2v) is 9.10. The number of carbonyl (C=O) groups is 1. The molecule has 0 saturated carbocycles. The smallest absolute Gasteiger partial charge is 0.261 e. The molecule has 4 aromatic rings. The van der Waals surface area contributed by atoms with Crippen LogP contribution in [0, 0.1) is 0 Å². The lowest BCUT2D eigenvalue weighted by Crippen LogP contribution is -2.27. The van der Waals surface area contributed by atoms with Crippen molar-refractivity contribution in [2.75, 3.05) is 17.9 Å². The van der Waals surface area contributed by atoms with Gasteiger partial charge < -0.3 is 15.0 Å². The third-order valence-corrected chi connectivity index (χ3v) is 6.60. The van der Waals surface area contributed by atoms with E-state index in [1.807, 2.05) is 37.4 Å². The van der Waals surface area contributed by atoms with Crippen LogP contribution in [0.5, 0.6) is 5.75 Å². The first-order valence-electron chi connectivity index (χ1n) is 10.7. The minimum absolute atomic E-state index is 0.0838. The number of aromatic nitrogens is 1. The van der Waals surface area contributed by atoms with Crippen LogP contribution >= 0.6 is 0 Å². The van der Waals surface area contributed by atoms with E-state index in [0.29, 0.717) is 25.3 Å². The predicted molar refractivity (Wildman–Crippen MR) is 129 cm³/mol. The summed E-state index contributed by atoms with van der Waals surface area (Å²) in [5.41, 5.74) is 2.63. The van der Waals surface area contributed by atoms with E-state index < -0.39 is 10.0 Å². The largest absolute Gasteiger partial charge is 0.494 e. The van der Waals surface area contributed by atoms with Crippen molar-refractivity contribution < 1.29 is 17.9 Å². The summed E-state index contributed by atoms with van der Waals surface area (Å²) in [4.78, 5) is 16.1. The molecule has 0 atom stereocenters. The standard InChI is InChI=1S/C25H25N3O4S/c1-2-32-19-11-13-20(14-12-19)33(30,31)28-24-10-6-4-8-22(24)25(29)26-16-15-18-17-27-23-9-5-3-7-21(18)23/h3-14,17,27-28H,2,15-16H2,1H3,(H,26,29). The van der Waals surface area contributed by atoms with E-state index in [-0.39, 0.29) is 22.1 Å². The number of fused-ring (bicyclic) bond motifs is 1. The lowest BCUT2D eigenvalue weighted by molar-refractivity contribution is 0.0955.